The molecule has 176 valence electrons. The van der Waals surface area contributed by atoms with Crippen molar-refractivity contribution in [2.45, 2.75) is 38.3 Å². The van der Waals surface area contributed by atoms with Crippen LogP contribution in [0, 0.1) is 0 Å². The Morgan fingerprint density at radius 1 is 0.939 bits per heavy atom. The number of para-hydroxylation sites is 1. The van der Waals surface area contributed by atoms with Gasteiger partial charge in [0, 0.05) is 12.1 Å². The van der Waals surface area contributed by atoms with Crippen LogP contribution in [0.4, 0.5) is 5.69 Å². The zero-order valence-electron chi connectivity index (χ0n) is 18.8. The van der Waals surface area contributed by atoms with Crippen molar-refractivity contribution < 1.29 is 29.3 Å². The number of carboxylic acids is 2. The second-order valence-electron chi connectivity index (χ2n) is 8.29. The van der Waals surface area contributed by atoms with Crippen molar-refractivity contribution in [3.8, 4) is 0 Å². The van der Waals surface area contributed by atoms with E-state index in [2.05, 4.69) is 17.0 Å². The molecule has 2 aromatic rings. The molecule has 1 atom stereocenters. The molecule has 0 aliphatic carbocycles. The third-order valence-corrected chi connectivity index (χ3v) is 5.98. The van der Waals surface area contributed by atoms with Gasteiger partial charge in [-0.3, -0.25) is 4.79 Å². The summed E-state index contributed by atoms with van der Waals surface area (Å²) >= 11 is 0. The number of fused-ring (bicyclic) bond motifs is 1. The maximum Gasteiger partial charge on any atom is 0.414 e. The average Bonchev–Trinajstić information content (AvgIpc) is 3.03. The maximum atomic E-state index is 13.4. The van der Waals surface area contributed by atoms with Crippen LogP contribution in [0.1, 0.15) is 37.3 Å². The van der Waals surface area contributed by atoms with Gasteiger partial charge in [-0.25, -0.2) is 9.59 Å². The largest absolute Gasteiger partial charge is 0.473 e. The lowest BCUT2D eigenvalue weighted by Crippen LogP contribution is -2.42. The zero-order valence-corrected chi connectivity index (χ0v) is 18.8. The number of nitrogens with zero attached hydrogens (tertiary/aromatic N) is 2. The van der Waals surface area contributed by atoms with Crippen molar-refractivity contribution in [1.82, 2.24) is 4.90 Å². The highest BCUT2D eigenvalue weighted by molar-refractivity contribution is 6.27. The molecule has 1 unspecified atom stereocenters. The summed E-state index contributed by atoms with van der Waals surface area (Å²) in [6.45, 7) is 6.26. The molecule has 1 fully saturated rings. The van der Waals surface area contributed by atoms with Gasteiger partial charge in [0.2, 0.25) is 0 Å². The fraction of sp³-hybridized carbons (Fsp3) is 0.400. The van der Waals surface area contributed by atoms with Crippen LogP contribution in [0.25, 0.3) is 0 Å². The van der Waals surface area contributed by atoms with E-state index in [4.69, 9.17) is 24.5 Å². The molecule has 8 nitrogen and oxygen atoms in total. The molecule has 4 rings (SSSR count). The van der Waals surface area contributed by atoms with Crippen molar-refractivity contribution in [3.05, 3.63) is 65.7 Å². The first kappa shape index (κ1) is 24.4. The number of carboxylic acid groups (broad SMARTS) is 2. The predicted octanol–water partition coefficient (Wildman–Crippen LogP) is 3.11. The van der Waals surface area contributed by atoms with Crippen LogP contribution in [0.15, 0.2) is 54.6 Å². The van der Waals surface area contributed by atoms with E-state index >= 15 is 0 Å². The van der Waals surface area contributed by atoms with Gasteiger partial charge in [0.15, 0.2) is 5.60 Å². The van der Waals surface area contributed by atoms with E-state index in [-0.39, 0.29) is 5.91 Å². The molecular formula is C25H30N2O6. The lowest BCUT2D eigenvalue weighted by Gasteiger charge is -2.29. The molecule has 33 heavy (non-hydrogen) atoms. The van der Waals surface area contributed by atoms with Gasteiger partial charge in [-0.15, -0.1) is 0 Å². The van der Waals surface area contributed by atoms with E-state index in [1.54, 1.807) is 0 Å². The first-order chi connectivity index (χ1) is 15.8. The average molecular weight is 455 g/mol. The number of carbonyl (C=O) groups excluding carboxylic acids is 1. The first-order valence-electron chi connectivity index (χ1n) is 11.1. The Balaban J connectivity index is 0.000000454. The second kappa shape index (κ2) is 11.1. The van der Waals surface area contributed by atoms with Crippen LogP contribution in [-0.4, -0.2) is 59.2 Å². The number of benzene rings is 2. The minimum atomic E-state index is -1.82. The minimum Gasteiger partial charge on any atom is -0.473 e. The summed E-state index contributed by atoms with van der Waals surface area (Å²) in [5.74, 6) is -3.61. The molecule has 8 heteroatoms. The van der Waals surface area contributed by atoms with Gasteiger partial charge in [-0.2, -0.15) is 0 Å². The third-order valence-electron chi connectivity index (χ3n) is 5.98. The summed E-state index contributed by atoms with van der Waals surface area (Å²) in [4.78, 5) is 35.9. The van der Waals surface area contributed by atoms with E-state index in [0.29, 0.717) is 13.2 Å². The predicted molar refractivity (Wildman–Crippen MR) is 123 cm³/mol. The van der Waals surface area contributed by atoms with E-state index in [0.717, 1.165) is 36.4 Å². The van der Waals surface area contributed by atoms with Crippen LogP contribution >= 0.6 is 0 Å². The van der Waals surface area contributed by atoms with Gasteiger partial charge in [-0.05, 0) is 44.5 Å². The molecule has 0 spiro atoms. The van der Waals surface area contributed by atoms with Crippen molar-refractivity contribution in [1.29, 1.82) is 0 Å². The van der Waals surface area contributed by atoms with Crippen molar-refractivity contribution in [2.24, 2.45) is 0 Å². The Morgan fingerprint density at radius 2 is 1.55 bits per heavy atom. The fourth-order valence-corrected chi connectivity index (χ4v) is 4.22. The standard InChI is InChI=1S/C23H28N2O2.C2H2O4/c1-23(27-17-16-24-14-8-3-9-15-24)20-12-6-7-13-21(20)25(22(23)26)18-19-10-4-2-5-11-19;3-1(4)2(5)6/h2,4-7,10-13H,3,8-9,14-18H2,1H3;(H,3,4)(H,5,6). The highest BCUT2D eigenvalue weighted by Gasteiger charge is 2.48. The van der Waals surface area contributed by atoms with Gasteiger partial charge >= 0.3 is 11.9 Å². The molecule has 2 N–H and O–H groups in total. The summed E-state index contributed by atoms with van der Waals surface area (Å²) in [7, 11) is 0. The van der Waals surface area contributed by atoms with Crippen molar-refractivity contribution >= 4 is 23.5 Å². The number of anilines is 1. The molecule has 2 aliphatic heterocycles. The summed E-state index contributed by atoms with van der Waals surface area (Å²) in [5, 5.41) is 14.8. The normalized spacial score (nSPS) is 20.0. The molecule has 0 saturated carbocycles. The van der Waals surface area contributed by atoms with Crippen LogP contribution in [0.5, 0.6) is 0 Å². The number of ether oxygens (including phenoxy) is 1. The number of piperidine rings is 1. The third kappa shape index (κ3) is 5.97. The Hall–Kier alpha value is -3.23. The molecule has 1 saturated heterocycles. The fourth-order valence-electron chi connectivity index (χ4n) is 4.22. The number of hydrogen-bond donors (Lipinski definition) is 2. The Labute approximate surface area is 193 Å². The van der Waals surface area contributed by atoms with E-state index in [9.17, 15) is 4.79 Å². The molecular weight excluding hydrogens is 424 g/mol. The summed E-state index contributed by atoms with van der Waals surface area (Å²) in [6.07, 6.45) is 3.86. The molecule has 2 heterocycles. The zero-order chi connectivity index (χ0) is 23.8. The summed E-state index contributed by atoms with van der Waals surface area (Å²) in [5.41, 5.74) is 2.16. The number of aliphatic carboxylic acids is 2. The highest BCUT2D eigenvalue weighted by atomic mass is 16.5. The lowest BCUT2D eigenvalue weighted by atomic mass is 9.97. The van der Waals surface area contributed by atoms with E-state index in [1.807, 2.05) is 54.3 Å². The molecule has 2 aromatic carbocycles. The first-order valence-corrected chi connectivity index (χ1v) is 11.1. The molecule has 0 bridgehead atoms. The lowest BCUT2D eigenvalue weighted by molar-refractivity contribution is -0.159. The van der Waals surface area contributed by atoms with Gasteiger partial charge in [-0.1, -0.05) is 55.0 Å². The number of carbonyl (C=O) groups is 3. The van der Waals surface area contributed by atoms with Gasteiger partial charge in [0.25, 0.3) is 5.91 Å². The second-order valence-corrected chi connectivity index (χ2v) is 8.29. The van der Waals surface area contributed by atoms with Gasteiger partial charge in [0.1, 0.15) is 0 Å². The number of rotatable bonds is 6. The Kier molecular flexibility index (Phi) is 8.19. The van der Waals surface area contributed by atoms with E-state index < -0.39 is 17.5 Å². The number of amides is 1. The SMILES string of the molecule is CC1(OCCN2CCCCC2)C(=O)N(Cc2ccccc2)c2ccccc21.O=C(O)C(=O)O. The molecule has 2 aliphatic rings. The van der Waals surface area contributed by atoms with Gasteiger partial charge in [0.05, 0.1) is 18.8 Å². The highest BCUT2D eigenvalue weighted by Crippen LogP contribution is 2.43. The van der Waals surface area contributed by atoms with Crippen molar-refractivity contribution in [3.63, 3.8) is 0 Å². The van der Waals surface area contributed by atoms with Crippen LogP contribution in [0.2, 0.25) is 0 Å². The van der Waals surface area contributed by atoms with Crippen LogP contribution < -0.4 is 4.90 Å². The Bertz CT molecular complexity index is 962. The van der Waals surface area contributed by atoms with Gasteiger partial charge < -0.3 is 24.7 Å². The maximum absolute atomic E-state index is 13.4. The topological polar surface area (TPSA) is 107 Å². The van der Waals surface area contributed by atoms with Crippen LogP contribution in [-0.2, 0) is 31.3 Å². The molecule has 0 radical (unpaired) electrons. The Morgan fingerprint density at radius 3 is 2.18 bits per heavy atom. The van der Waals surface area contributed by atoms with Crippen LogP contribution in [0.3, 0.4) is 0 Å². The number of likely N-dealkylation sites (tertiary alicyclic amines) is 1. The monoisotopic (exact) mass is 454 g/mol. The molecule has 1 amide bonds. The number of hydrogen-bond acceptors (Lipinski definition) is 5. The summed E-state index contributed by atoms with van der Waals surface area (Å²) < 4.78 is 6.27. The van der Waals surface area contributed by atoms with E-state index in [1.165, 1.54) is 19.3 Å². The van der Waals surface area contributed by atoms with Crippen molar-refractivity contribution in [2.75, 3.05) is 31.1 Å². The summed E-state index contributed by atoms with van der Waals surface area (Å²) in [6, 6.07) is 18.2. The quantitative estimate of drug-likeness (QED) is 0.646. The minimum absolute atomic E-state index is 0.0335. The smallest absolute Gasteiger partial charge is 0.414 e. The molecule has 0 aromatic heterocycles.